The number of nitrogens with zero attached hydrogens (tertiary/aromatic N) is 2. The van der Waals surface area contributed by atoms with Crippen LogP contribution in [0.1, 0.15) is 22.3 Å². The van der Waals surface area contributed by atoms with Gasteiger partial charge < -0.3 is 9.47 Å². The van der Waals surface area contributed by atoms with E-state index in [1.165, 1.54) is 66.3 Å². The highest BCUT2D eigenvalue weighted by Gasteiger charge is 2.46. The minimum absolute atomic E-state index is 0.545. The first-order chi connectivity index (χ1) is 34.2. The highest BCUT2D eigenvalue weighted by atomic mass is 15.1. The van der Waals surface area contributed by atoms with E-state index in [4.69, 9.17) is 0 Å². The molecule has 2 heteroatoms. The highest BCUT2D eigenvalue weighted by molar-refractivity contribution is 6.10. The molecule has 0 bridgehead atoms. The van der Waals surface area contributed by atoms with Gasteiger partial charge in [-0.2, -0.15) is 0 Å². The van der Waals surface area contributed by atoms with E-state index in [0.29, 0.717) is 0 Å². The Labute approximate surface area is 403 Å². The van der Waals surface area contributed by atoms with Gasteiger partial charge in [0.15, 0.2) is 0 Å². The maximum Gasteiger partial charge on any atom is 0.0714 e. The predicted molar refractivity (Wildman–Crippen MR) is 289 cm³/mol. The molecule has 0 radical (unpaired) electrons. The minimum atomic E-state index is -0.545. The summed E-state index contributed by atoms with van der Waals surface area (Å²) in [5.74, 6) is 0. The van der Waals surface area contributed by atoms with E-state index in [2.05, 4.69) is 289 Å². The van der Waals surface area contributed by atoms with E-state index < -0.39 is 5.41 Å². The Kier molecular flexibility index (Phi) is 9.77. The summed E-state index contributed by atoms with van der Waals surface area (Å²) < 4.78 is 2.41. The second kappa shape index (κ2) is 16.7. The van der Waals surface area contributed by atoms with Crippen LogP contribution in [0.2, 0.25) is 0 Å². The summed E-state index contributed by atoms with van der Waals surface area (Å²) in [7, 11) is 0. The third-order valence-corrected chi connectivity index (χ3v) is 14.2. The Morgan fingerprint density at radius 2 is 0.768 bits per heavy atom. The average molecular weight is 879 g/mol. The van der Waals surface area contributed by atoms with Crippen LogP contribution < -0.4 is 4.90 Å². The van der Waals surface area contributed by atoms with Crippen LogP contribution in [-0.4, -0.2) is 4.57 Å². The van der Waals surface area contributed by atoms with E-state index in [1.807, 2.05) is 0 Å². The fourth-order valence-corrected chi connectivity index (χ4v) is 11.2. The molecule has 0 spiro atoms. The number of aromatic nitrogens is 1. The standard InChI is InChI=1S/C67H46N2/c1-6-20-47(21-7-1)49-34-37-56(38-35-49)68(57-39-41-60-59-30-16-18-32-63(59)67(64(60)46-57,53-24-10-3-11-25-53)54-26-12-4-13-27-54)58-43-51(48-22-8-2-9-23-48)42-52(44-58)50-36-40-62-61-31-17-19-33-65(61)69(66(62)45-50)55-28-14-5-15-29-55/h1-46H. The van der Waals surface area contributed by atoms with Crippen molar-refractivity contribution < 1.29 is 0 Å². The Bertz CT molecular complexity index is 3760. The third-order valence-electron chi connectivity index (χ3n) is 14.2. The zero-order valence-electron chi connectivity index (χ0n) is 38.0. The molecule has 0 saturated heterocycles. The van der Waals surface area contributed by atoms with Gasteiger partial charge in [-0.1, -0.05) is 212 Å². The summed E-state index contributed by atoms with van der Waals surface area (Å²) in [6.45, 7) is 0. The number of hydrogen-bond donors (Lipinski definition) is 0. The number of fused-ring (bicyclic) bond motifs is 6. The first kappa shape index (κ1) is 40.3. The third kappa shape index (κ3) is 6.72. The SMILES string of the molecule is c1ccc(-c2ccc(N(c3cc(-c4ccccc4)cc(-c4ccc5c6ccccc6n(-c6ccccc6)c5c4)c3)c3ccc4c(c3)C(c3ccccc3)(c3ccccc3)c3ccccc3-4)cc2)cc1. The lowest BCUT2D eigenvalue weighted by molar-refractivity contribution is 0.768. The summed E-state index contributed by atoms with van der Waals surface area (Å²) in [5.41, 5.74) is 20.7. The van der Waals surface area contributed by atoms with E-state index in [1.54, 1.807) is 0 Å². The van der Waals surface area contributed by atoms with Crippen molar-refractivity contribution in [1.82, 2.24) is 4.57 Å². The normalized spacial score (nSPS) is 12.5. The molecule has 0 amide bonds. The van der Waals surface area contributed by atoms with Crippen molar-refractivity contribution in [1.29, 1.82) is 0 Å². The van der Waals surface area contributed by atoms with Crippen LogP contribution in [0.15, 0.2) is 279 Å². The molecule has 2 nitrogen and oxygen atoms in total. The first-order valence-corrected chi connectivity index (χ1v) is 23.8. The van der Waals surface area contributed by atoms with Crippen LogP contribution in [0.5, 0.6) is 0 Å². The van der Waals surface area contributed by atoms with Gasteiger partial charge in [-0.25, -0.2) is 0 Å². The lowest BCUT2D eigenvalue weighted by atomic mass is 9.67. The maximum atomic E-state index is 2.47. The summed E-state index contributed by atoms with van der Waals surface area (Å²) in [6.07, 6.45) is 0. The van der Waals surface area contributed by atoms with Gasteiger partial charge in [0.25, 0.3) is 0 Å². The molecule has 0 atom stereocenters. The largest absolute Gasteiger partial charge is 0.310 e. The zero-order chi connectivity index (χ0) is 45.7. The average Bonchev–Trinajstić information content (AvgIpc) is 3.92. The first-order valence-electron chi connectivity index (χ1n) is 23.8. The van der Waals surface area contributed by atoms with Crippen molar-refractivity contribution >= 4 is 38.9 Å². The fraction of sp³-hybridized carbons (Fsp3) is 0.0149. The molecule has 1 aromatic heterocycles. The van der Waals surface area contributed by atoms with Crippen molar-refractivity contribution in [3.05, 3.63) is 301 Å². The fourth-order valence-electron chi connectivity index (χ4n) is 11.2. The molecule has 324 valence electrons. The number of benzene rings is 11. The predicted octanol–water partition coefficient (Wildman–Crippen LogP) is 17.6. The summed E-state index contributed by atoms with van der Waals surface area (Å²) >= 11 is 0. The van der Waals surface area contributed by atoms with Gasteiger partial charge in [0.1, 0.15) is 0 Å². The van der Waals surface area contributed by atoms with Crippen molar-refractivity contribution in [3.8, 4) is 50.2 Å². The van der Waals surface area contributed by atoms with Crippen molar-refractivity contribution in [2.75, 3.05) is 4.90 Å². The highest BCUT2D eigenvalue weighted by Crippen LogP contribution is 2.57. The van der Waals surface area contributed by atoms with Gasteiger partial charge in [-0.15, -0.1) is 0 Å². The molecule has 0 aliphatic heterocycles. The Hall–Kier alpha value is -8.98. The van der Waals surface area contributed by atoms with Crippen LogP contribution in [0.3, 0.4) is 0 Å². The van der Waals surface area contributed by atoms with Crippen LogP contribution >= 0.6 is 0 Å². The summed E-state index contributed by atoms with van der Waals surface area (Å²) in [4.78, 5) is 2.47. The number of para-hydroxylation sites is 2. The number of anilines is 3. The molecule has 0 unspecified atom stereocenters. The second-order valence-electron chi connectivity index (χ2n) is 18.1. The lowest BCUT2D eigenvalue weighted by Crippen LogP contribution is -2.28. The summed E-state index contributed by atoms with van der Waals surface area (Å²) in [5, 5.41) is 2.48. The van der Waals surface area contributed by atoms with Gasteiger partial charge >= 0.3 is 0 Å². The quantitative estimate of drug-likeness (QED) is 0.140. The molecule has 0 fully saturated rings. The molecular formula is C67H46N2. The van der Waals surface area contributed by atoms with Gasteiger partial charge in [0, 0.05) is 33.5 Å². The van der Waals surface area contributed by atoms with E-state index in [0.717, 1.165) is 45.0 Å². The van der Waals surface area contributed by atoms with Crippen LogP contribution in [0.25, 0.3) is 72.0 Å². The smallest absolute Gasteiger partial charge is 0.0714 e. The molecule has 1 aliphatic carbocycles. The topological polar surface area (TPSA) is 8.17 Å². The Morgan fingerprint density at radius 3 is 1.45 bits per heavy atom. The van der Waals surface area contributed by atoms with E-state index in [9.17, 15) is 0 Å². The molecular weight excluding hydrogens is 833 g/mol. The van der Waals surface area contributed by atoms with Gasteiger partial charge in [-0.05, 0) is 133 Å². The number of rotatable bonds is 9. The van der Waals surface area contributed by atoms with Gasteiger partial charge in [0.05, 0.1) is 16.4 Å². The zero-order valence-corrected chi connectivity index (χ0v) is 38.0. The molecule has 13 rings (SSSR count). The second-order valence-corrected chi connectivity index (χ2v) is 18.1. The van der Waals surface area contributed by atoms with Crippen LogP contribution in [0.4, 0.5) is 17.1 Å². The molecule has 0 saturated carbocycles. The Morgan fingerprint density at radius 1 is 0.275 bits per heavy atom. The molecule has 0 N–H and O–H groups in total. The molecule has 69 heavy (non-hydrogen) atoms. The van der Waals surface area contributed by atoms with Crippen molar-refractivity contribution in [2.45, 2.75) is 5.41 Å². The lowest BCUT2D eigenvalue weighted by Gasteiger charge is -2.35. The van der Waals surface area contributed by atoms with E-state index >= 15 is 0 Å². The number of hydrogen-bond acceptors (Lipinski definition) is 1. The Balaban J connectivity index is 1.06. The molecule has 12 aromatic rings. The molecule has 1 heterocycles. The van der Waals surface area contributed by atoms with Gasteiger partial charge in [0.2, 0.25) is 0 Å². The van der Waals surface area contributed by atoms with Gasteiger partial charge in [-0.3, -0.25) is 0 Å². The monoisotopic (exact) mass is 878 g/mol. The van der Waals surface area contributed by atoms with Crippen molar-refractivity contribution in [3.63, 3.8) is 0 Å². The van der Waals surface area contributed by atoms with Crippen LogP contribution in [0, 0.1) is 0 Å². The van der Waals surface area contributed by atoms with Crippen LogP contribution in [-0.2, 0) is 5.41 Å². The maximum absolute atomic E-state index is 2.47. The van der Waals surface area contributed by atoms with E-state index in [-0.39, 0.29) is 0 Å². The summed E-state index contributed by atoms with van der Waals surface area (Å²) in [6, 6.07) is 102. The molecule has 1 aliphatic rings. The molecule has 11 aromatic carbocycles. The minimum Gasteiger partial charge on any atom is -0.310 e. The van der Waals surface area contributed by atoms with Crippen molar-refractivity contribution in [2.24, 2.45) is 0 Å².